The van der Waals surface area contributed by atoms with E-state index >= 15 is 0 Å². The van der Waals surface area contributed by atoms with E-state index in [1.807, 2.05) is 44.9 Å². The van der Waals surface area contributed by atoms with Crippen LogP contribution in [0, 0.1) is 6.92 Å². The van der Waals surface area contributed by atoms with Crippen molar-refractivity contribution in [1.29, 1.82) is 0 Å². The van der Waals surface area contributed by atoms with Gasteiger partial charge >= 0.3 is 0 Å². The molecule has 0 unspecified atom stereocenters. The number of nitrogens with one attached hydrogen (secondary N) is 1. The summed E-state index contributed by atoms with van der Waals surface area (Å²) >= 11 is 0. The molecule has 0 amide bonds. The molecule has 21 heavy (non-hydrogen) atoms. The molecule has 1 N–H and O–H groups in total. The third-order valence-corrected chi connectivity index (χ3v) is 4.27. The van der Waals surface area contributed by atoms with Gasteiger partial charge in [0.2, 0.25) is 10.0 Å². The molecule has 6 nitrogen and oxygen atoms in total. The number of aliphatic imine (C=N–C) groups is 1. The first kappa shape index (κ1) is 17.5. The molecule has 1 aromatic carbocycles. The van der Waals surface area contributed by atoms with Gasteiger partial charge in [-0.25, -0.2) is 13.1 Å². The number of rotatable bonds is 5. The number of nitrogens with zero attached hydrogens (tertiary/aromatic N) is 3. The average Bonchev–Trinajstić information content (AvgIpc) is 2.37. The van der Waals surface area contributed by atoms with Crippen molar-refractivity contribution in [3.63, 3.8) is 0 Å². The molecule has 118 valence electrons. The van der Waals surface area contributed by atoms with E-state index in [0.717, 1.165) is 11.5 Å². The smallest absolute Gasteiger partial charge is 0.240 e. The zero-order valence-electron chi connectivity index (χ0n) is 13.3. The molecular weight excluding hydrogens is 288 g/mol. The van der Waals surface area contributed by atoms with Crippen molar-refractivity contribution in [1.82, 2.24) is 14.5 Å². The van der Waals surface area contributed by atoms with Crippen LogP contribution in [0.5, 0.6) is 0 Å². The lowest BCUT2D eigenvalue weighted by Gasteiger charge is -2.22. The largest absolute Gasteiger partial charge is 0.349 e. The molecule has 1 aromatic rings. The van der Waals surface area contributed by atoms with Crippen LogP contribution in [0.15, 0.2) is 34.2 Å². The summed E-state index contributed by atoms with van der Waals surface area (Å²) in [4.78, 5) is 8.42. The SMILES string of the molecule is Cc1ccc(S(=O)(=O)NCCN=C(N(C)C)N(C)C)cc1. The van der Waals surface area contributed by atoms with E-state index < -0.39 is 10.0 Å². The quantitative estimate of drug-likeness (QED) is 0.495. The second-order valence-corrected chi connectivity index (χ2v) is 6.95. The van der Waals surface area contributed by atoms with E-state index in [-0.39, 0.29) is 11.4 Å². The highest BCUT2D eigenvalue weighted by atomic mass is 32.2. The minimum absolute atomic E-state index is 0.265. The summed E-state index contributed by atoms with van der Waals surface area (Å²) in [6, 6.07) is 6.77. The Morgan fingerprint density at radius 3 is 2.10 bits per heavy atom. The van der Waals surface area contributed by atoms with Crippen molar-refractivity contribution in [2.24, 2.45) is 4.99 Å². The van der Waals surface area contributed by atoms with Crippen LogP contribution in [0.3, 0.4) is 0 Å². The van der Waals surface area contributed by atoms with E-state index in [1.165, 1.54) is 0 Å². The molecule has 0 aliphatic heterocycles. The van der Waals surface area contributed by atoms with E-state index in [4.69, 9.17) is 0 Å². The molecule has 0 saturated heterocycles. The molecule has 0 aliphatic rings. The van der Waals surface area contributed by atoms with Gasteiger partial charge in [-0.15, -0.1) is 0 Å². The van der Waals surface area contributed by atoms with Crippen LogP contribution in [0.2, 0.25) is 0 Å². The Kier molecular flexibility index (Phi) is 6.17. The summed E-state index contributed by atoms with van der Waals surface area (Å²) in [6.45, 7) is 2.57. The normalized spacial score (nSPS) is 11.1. The van der Waals surface area contributed by atoms with Crippen LogP contribution in [0.25, 0.3) is 0 Å². The van der Waals surface area contributed by atoms with Gasteiger partial charge in [-0.05, 0) is 19.1 Å². The van der Waals surface area contributed by atoms with Gasteiger partial charge in [0.15, 0.2) is 5.96 Å². The molecule has 0 aliphatic carbocycles. The zero-order valence-corrected chi connectivity index (χ0v) is 14.1. The van der Waals surface area contributed by atoms with E-state index in [2.05, 4.69) is 9.71 Å². The second kappa shape index (κ2) is 7.42. The topological polar surface area (TPSA) is 65.0 Å². The minimum atomic E-state index is -3.46. The lowest BCUT2D eigenvalue weighted by molar-refractivity contribution is 0.479. The molecule has 0 radical (unpaired) electrons. The summed E-state index contributed by atoms with van der Waals surface area (Å²) < 4.78 is 26.7. The van der Waals surface area contributed by atoms with Crippen molar-refractivity contribution in [3.8, 4) is 0 Å². The van der Waals surface area contributed by atoms with Crippen LogP contribution in [0.1, 0.15) is 5.56 Å². The third-order valence-electron chi connectivity index (χ3n) is 2.79. The molecule has 0 spiro atoms. The molecule has 0 atom stereocenters. The Balaban J connectivity index is 2.63. The summed E-state index contributed by atoms with van der Waals surface area (Å²) in [7, 11) is 4.13. The molecule has 0 saturated carbocycles. The van der Waals surface area contributed by atoms with Crippen LogP contribution in [0.4, 0.5) is 0 Å². The first-order chi connectivity index (χ1) is 9.74. The number of sulfonamides is 1. The van der Waals surface area contributed by atoms with E-state index in [0.29, 0.717) is 6.54 Å². The van der Waals surface area contributed by atoms with Crippen molar-refractivity contribution in [2.75, 3.05) is 41.3 Å². The predicted molar refractivity (Wildman–Crippen MR) is 86.0 cm³/mol. The summed E-state index contributed by atoms with van der Waals surface area (Å²) in [5.74, 6) is 0.796. The Morgan fingerprint density at radius 1 is 1.10 bits per heavy atom. The van der Waals surface area contributed by atoms with Crippen LogP contribution in [-0.2, 0) is 10.0 Å². The fourth-order valence-electron chi connectivity index (χ4n) is 1.82. The lowest BCUT2D eigenvalue weighted by Crippen LogP contribution is -2.36. The Labute approximate surface area is 127 Å². The van der Waals surface area contributed by atoms with Crippen molar-refractivity contribution >= 4 is 16.0 Å². The van der Waals surface area contributed by atoms with Crippen LogP contribution in [-0.4, -0.2) is 65.5 Å². The number of aryl methyl sites for hydroxylation is 1. The van der Waals surface area contributed by atoms with Gasteiger partial charge in [0.25, 0.3) is 0 Å². The highest BCUT2D eigenvalue weighted by molar-refractivity contribution is 7.89. The average molecular weight is 312 g/mol. The molecule has 1 rings (SSSR count). The fraction of sp³-hybridized carbons (Fsp3) is 0.500. The van der Waals surface area contributed by atoms with Gasteiger partial charge in [0.05, 0.1) is 11.4 Å². The standard InChI is InChI=1S/C14H24N4O2S/c1-12-6-8-13(9-7-12)21(19,20)16-11-10-15-14(17(2)3)18(4)5/h6-9,16H,10-11H2,1-5H3. The zero-order chi connectivity index (χ0) is 16.0. The van der Waals surface area contributed by atoms with E-state index in [1.54, 1.807) is 24.3 Å². The summed E-state index contributed by atoms with van der Waals surface area (Å²) in [5, 5.41) is 0. The minimum Gasteiger partial charge on any atom is -0.349 e. The number of guanidine groups is 1. The van der Waals surface area contributed by atoms with Crippen molar-refractivity contribution in [2.45, 2.75) is 11.8 Å². The monoisotopic (exact) mass is 312 g/mol. The lowest BCUT2D eigenvalue weighted by atomic mass is 10.2. The molecule has 0 aromatic heterocycles. The maximum absolute atomic E-state index is 12.1. The first-order valence-electron chi connectivity index (χ1n) is 6.69. The van der Waals surface area contributed by atoms with Crippen molar-refractivity contribution in [3.05, 3.63) is 29.8 Å². The maximum Gasteiger partial charge on any atom is 0.240 e. The number of hydrogen-bond acceptors (Lipinski definition) is 3. The van der Waals surface area contributed by atoms with Gasteiger partial charge in [0, 0.05) is 34.7 Å². The molecule has 0 heterocycles. The highest BCUT2D eigenvalue weighted by Crippen LogP contribution is 2.09. The van der Waals surface area contributed by atoms with Gasteiger partial charge in [-0.2, -0.15) is 0 Å². The summed E-state index contributed by atoms with van der Waals surface area (Å²) in [5.41, 5.74) is 1.03. The van der Waals surface area contributed by atoms with E-state index in [9.17, 15) is 8.42 Å². The number of hydrogen-bond donors (Lipinski definition) is 1. The van der Waals surface area contributed by atoms with Crippen molar-refractivity contribution < 1.29 is 8.42 Å². The fourth-order valence-corrected chi connectivity index (χ4v) is 2.84. The Hall–Kier alpha value is -1.60. The first-order valence-corrected chi connectivity index (χ1v) is 8.18. The molecule has 0 bridgehead atoms. The third kappa shape index (κ3) is 5.35. The van der Waals surface area contributed by atoms with Gasteiger partial charge in [-0.3, -0.25) is 4.99 Å². The van der Waals surface area contributed by atoms with Gasteiger partial charge < -0.3 is 9.80 Å². The van der Waals surface area contributed by atoms with Crippen LogP contribution >= 0.6 is 0 Å². The van der Waals surface area contributed by atoms with Gasteiger partial charge in [-0.1, -0.05) is 17.7 Å². The Morgan fingerprint density at radius 2 is 1.62 bits per heavy atom. The molecule has 0 fully saturated rings. The van der Waals surface area contributed by atoms with Crippen LogP contribution < -0.4 is 4.72 Å². The second-order valence-electron chi connectivity index (χ2n) is 5.18. The Bertz CT molecular complexity index is 567. The molecular formula is C14H24N4O2S. The molecule has 7 heteroatoms. The highest BCUT2D eigenvalue weighted by Gasteiger charge is 2.12. The number of benzene rings is 1. The summed E-state index contributed by atoms with van der Waals surface area (Å²) in [6.07, 6.45) is 0. The maximum atomic E-state index is 12.1. The van der Waals surface area contributed by atoms with Gasteiger partial charge in [0.1, 0.15) is 0 Å². The predicted octanol–water partition coefficient (Wildman–Crippen LogP) is 0.753.